The average Bonchev–Trinajstić information content (AvgIpc) is 3.63. The smallest absolute Gasteiger partial charge is 0.330 e. The fourth-order valence-electron chi connectivity index (χ4n) is 5.51. The SMILES string of the molecule is O=c1ccn([C@@H]2O[C@H](COC(c3ccccc3)(c3ccccc3)c3ccccc3)[C@@H](n3ccnc3)[C@@H]2O)c(=O)[nH]1. The van der Waals surface area contributed by atoms with Crippen LogP contribution in [-0.2, 0) is 15.1 Å². The molecule has 2 N–H and O–H groups in total. The van der Waals surface area contributed by atoms with E-state index in [1.165, 1.54) is 16.8 Å². The van der Waals surface area contributed by atoms with Crippen molar-refractivity contribution in [3.8, 4) is 0 Å². The second kappa shape index (κ2) is 10.9. The van der Waals surface area contributed by atoms with Gasteiger partial charge >= 0.3 is 5.69 Å². The standard InChI is InChI=1S/C31H28N4O5/c36-26-16-18-35(30(38)33-26)29-28(37)27(34-19-17-32-21-34)25(40-29)20-39-31(22-10-4-1-5-11-22,23-12-6-2-7-13-23)24-14-8-3-9-15-24/h1-19,21,25,27-29,37H,20H2,(H,33,36,38)/t25-,27-,28+,29-/m1/s1. The van der Waals surface area contributed by atoms with Crippen LogP contribution in [0.2, 0.25) is 0 Å². The van der Waals surface area contributed by atoms with Crippen LogP contribution >= 0.6 is 0 Å². The lowest BCUT2D eigenvalue weighted by molar-refractivity contribution is -0.0899. The number of nitrogens with zero attached hydrogens (tertiary/aromatic N) is 3. The molecule has 2 aromatic heterocycles. The fourth-order valence-corrected chi connectivity index (χ4v) is 5.51. The maximum atomic E-state index is 12.6. The van der Waals surface area contributed by atoms with Gasteiger partial charge in [-0.15, -0.1) is 0 Å². The van der Waals surface area contributed by atoms with E-state index < -0.39 is 41.3 Å². The molecule has 6 rings (SSSR count). The summed E-state index contributed by atoms with van der Waals surface area (Å²) in [6, 6.07) is 30.5. The van der Waals surface area contributed by atoms with E-state index in [4.69, 9.17) is 9.47 Å². The van der Waals surface area contributed by atoms with Crippen molar-refractivity contribution in [1.82, 2.24) is 19.1 Å². The summed E-state index contributed by atoms with van der Waals surface area (Å²) in [6.07, 6.45) is 3.42. The summed E-state index contributed by atoms with van der Waals surface area (Å²) in [6.45, 7) is 0.0627. The van der Waals surface area contributed by atoms with Gasteiger partial charge in [0.1, 0.15) is 17.8 Å². The van der Waals surface area contributed by atoms with Crippen molar-refractivity contribution < 1.29 is 14.6 Å². The fraction of sp³-hybridized carbons (Fsp3) is 0.194. The van der Waals surface area contributed by atoms with Gasteiger partial charge in [-0.1, -0.05) is 91.0 Å². The van der Waals surface area contributed by atoms with Gasteiger partial charge in [0.2, 0.25) is 0 Å². The van der Waals surface area contributed by atoms with Crippen LogP contribution in [0.1, 0.15) is 29.0 Å². The molecule has 1 fully saturated rings. The van der Waals surface area contributed by atoms with Crippen LogP contribution < -0.4 is 11.2 Å². The van der Waals surface area contributed by atoms with E-state index in [2.05, 4.69) is 9.97 Å². The molecule has 0 bridgehead atoms. The Morgan fingerprint density at radius 1 is 0.850 bits per heavy atom. The number of hydrogen-bond acceptors (Lipinski definition) is 6. The van der Waals surface area contributed by atoms with Crippen LogP contribution in [0.5, 0.6) is 0 Å². The Labute approximate surface area is 229 Å². The lowest BCUT2D eigenvalue weighted by Gasteiger charge is -2.37. The number of ether oxygens (including phenoxy) is 2. The monoisotopic (exact) mass is 536 g/mol. The maximum absolute atomic E-state index is 12.6. The molecule has 9 heteroatoms. The highest BCUT2D eigenvalue weighted by Gasteiger charge is 2.48. The summed E-state index contributed by atoms with van der Waals surface area (Å²) in [5, 5.41) is 11.4. The van der Waals surface area contributed by atoms with Gasteiger partial charge in [0, 0.05) is 24.7 Å². The molecule has 0 unspecified atom stereocenters. The van der Waals surface area contributed by atoms with Crippen molar-refractivity contribution in [1.29, 1.82) is 0 Å². The van der Waals surface area contributed by atoms with Crippen LogP contribution in [-0.4, -0.2) is 43.0 Å². The zero-order chi connectivity index (χ0) is 27.5. The Bertz CT molecular complexity index is 1560. The van der Waals surface area contributed by atoms with Crippen LogP contribution in [0.25, 0.3) is 0 Å². The highest BCUT2D eigenvalue weighted by atomic mass is 16.6. The van der Waals surface area contributed by atoms with Crippen LogP contribution in [0.15, 0.2) is 132 Å². The molecule has 202 valence electrons. The van der Waals surface area contributed by atoms with E-state index in [0.717, 1.165) is 16.7 Å². The second-order valence-electron chi connectivity index (χ2n) is 9.66. The first-order chi connectivity index (χ1) is 19.6. The van der Waals surface area contributed by atoms with Crippen molar-refractivity contribution in [2.24, 2.45) is 0 Å². The van der Waals surface area contributed by atoms with E-state index in [1.54, 1.807) is 23.3 Å². The first kappa shape index (κ1) is 25.7. The summed E-state index contributed by atoms with van der Waals surface area (Å²) in [4.78, 5) is 30.7. The Hall–Kier alpha value is -4.57. The van der Waals surface area contributed by atoms with Crippen LogP contribution in [0, 0.1) is 0 Å². The van der Waals surface area contributed by atoms with Gasteiger partial charge < -0.3 is 19.1 Å². The highest BCUT2D eigenvalue weighted by molar-refractivity contribution is 5.47. The maximum Gasteiger partial charge on any atom is 0.330 e. The summed E-state index contributed by atoms with van der Waals surface area (Å²) in [7, 11) is 0. The Morgan fingerprint density at radius 3 is 1.93 bits per heavy atom. The second-order valence-corrected chi connectivity index (χ2v) is 9.66. The molecule has 0 amide bonds. The van der Waals surface area contributed by atoms with Crippen LogP contribution in [0.4, 0.5) is 0 Å². The van der Waals surface area contributed by atoms with Gasteiger partial charge in [-0.2, -0.15) is 0 Å². The molecule has 0 saturated carbocycles. The molecular formula is C31H28N4O5. The zero-order valence-electron chi connectivity index (χ0n) is 21.5. The molecule has 1 aliphatic heterocycles. The normalized spacial score (nSPS) is 20.9. The molecule has 5 aromatic rings. The van der Waals surface area contributed by atoms with E-state index in [9.17, 15) is 14.7 Å². The van der Waals surface area contributed by atoms with Gasteiger partial charge in [0.05, 0.1) is 19.0 Å². The number of aliphatic hydroxyl groups excluding tert-OH is 1. The minimum Gasteiger partial charge on any atom is -0.386 e. The number of aromatic nitrogens is 4. The summed E-state index contributed by atoms with van der Waals surface area (Å²) < 4.78 is 16.2. The molecule has 3 aromatic carbocycles. The third-order valence-corrected chi connectivity index (χ3v) is 7.34. The Morgan fingerprint density at radius 2 is 1.43 bits per heavy atom. The molecule has 0 radical (unpaired) electrons. The summed E-state index contributed by atoms with van der Waals surface area (Å²) in [5.41, 5.74) is 0.591. The number of nitrogens with one attached hydrogen (secondary N) is 1. The van der Waals surface area contributed by atoms with E-state index in [0.29, 0.717) is 0 Å². The molecule has 0 spiro atoms. The van der Waals surface area contributed by atoms with Crippen molar-refractivity contribution >= 4 is 0 Å². The Balaban J connectivity index is 1.43. The predicted molar refractivity (Wildman–Crippen MR) is 148 cm³/mol. The molecule has 40 heavy (non-hydrogen) atoms. The molecule has 1 aliphatic rings. The van der Waals surface area contributed by atoms with E-state index in [1.807, 2.05) is 91.0 Å². The molecule has 0 aliphatic carbocycles. The average molecular weight is 537 g/mol. The first-order valence-corrected chi connectivity index (χ1v) is 13.0. The molecule has 1 saturated heterocycles. The summed E-state index contributed by atoms with van der Waals surface area (Å²) in [5.74, 6) is 0. The Kier molecular flexibility index (Phi) is 7.00. The number of aliphatic hydroxyl groups is 1. The lowest BCUT2D eigenvalue weighted by Crippen LogP contribution is -2.38. The molecular weight excluding hydrogens is 508 g/mol. The summed E-state index contributed by atoms with van der Waals surface area (Å²) >= 11 is 0. The number of aromatic amines is 1. The number of benzene rings is 3. The van der Waals surface area contributed by atoms with Crippen molar-refractivity contribution in [2.45, 2.75) is 30.1 Å². The van der Waals surface area contributed by atoms with Crippen molar-refractivity contribution in [3.05, 3.63) is 160 Å². The van der Waals surface area contributed by atoms with E-state index in [-0.39, 0.29) is 6.61 Å². The number of imidazole rings is 1. The van der Waals surface area contributed by atoms with Crippen LogP contribution in [0.3, 0.4) is 0 Å². The van der Waals surface area contributed by atoms with Gasteiger partial charge in [-0.25, -0.2) is 9.78 Å². The lowest BCUT2D eigenvalue weighted by atomic mass is 9.80. The highest BCUT2D eigenvalue weighted by Crippen LogP contribution is 2.43. The van der Waals surface area contributed by atoms with Gasteiger partial charge in [0.15, 0.2) is 6.23 Å². The zero-order valence-corrected chi connectivity index (χ0v) is 21.5. The van der Waals surface area contributed by atoms with Crippen molar-refractivity contribution in [2.75, 3.05) is 6.61 Å². The topological polar surface area (TPSA) is 111 Å². The number of hydrogen-bond donors (Lipinski definition) is 2. The quantitative estimate of drug-likeness (QED) is 0.295. The minimum absolute atomic E-state index is 0.0627. The molecule has 4 atom stereocenters. The minimum atomic E-state index is -1.13. The van der Waals surface area contributed by atoms with Gasteiger partial charge in [0.25, 0.3) is 5.56 Å². The first-order valence-electron chi connectivity index (χ1n) is 13.0. The predicted octanol–water partition coefficient (Wildman–Crippen LogP) is 3.24. The molecule has 3 heterocycles. The van der Waals surface area contributed by atoms with Gasteiger partial charge in [-0.3, -0.25) is 14.3 Å². The van der Waals surface area contributed by atoms with Gasteiger partial charge in [-0.05, 0) is 16.7 Å². The largest absolute Gasteiger partial charge is 0.386 e. The van der Waals surface area contributed by atoms with Crippen molar-refractivity contribution in [3.63, 3.8) is 0 Å². The number of rotatable bonds is 8. The number of H-pyrrole nitrogens is 1. The third kappa shape index (κ3) is 4.60. The molecule has 9 nitrogen and oxygen atoms in total. The third-order valence-electron chi connectivity index (χ3n) is 7.34. The van der Waals surface area contributed by atoms with E-state index >= 15 is 0 Å².